The minimum Gasteiger partial charge on any atom is -0.475 e. The summed E-state index contributed by atoms with van der Waals surface area (Å²) >= 11 is 0. The van der Waals surface area contributed by atoms with Crippen LogP contribution in [0.15, 0.2) is 21.7 Å². The SMILES string of the molecule is Cc1cc2nc3c(=O)[nH]c(=O)nc-3n(CCNCCN3C(=O)CNS3(=O)=O)c2cc1C.O=C(O)C(F)(F)F. The number of aliphatic carboxylic acids is 1. The Morgan fingerprint density at radius 2 is 1.71 bits per heavy atom. The van der Waals surface area contributed by atoms with Crippen molar-refractivity contribution in [3.8, 4) is 11.5 Å². The number of benzene rings is 1. The molecule has 1 aromatic rings. The van der Waals surface area contributed by atoms with E-state index in [1.807, 2.05) is 26.0 Å². The maximum atomic E-state index is 12.3. The molecule has 1 fully saturated rings. The molecule has 0 spiro atoms. The number of carboxylic acids is 1. The number of amides is 1. The molecule has 0 radical (unpaired) electrons. The van der Waals surface area contributed by atoms with E-state index in [1.54, 1.807) is 4.57 Å². The predicted molar refractivity (Wildman–Crippen MR) is 126 cm³/mol. The van der Waals surface area contributed by atoms with Gasteiger partial charge in [-0.05, 0) is 37.1 Å². The van der Waals surface area contributed by atoms with Gasteiger partial charge in [0.05, 0.1) is 24.1 Å². The highest BCUT2D eigenvalue weighted by molar-refractivity contribution is 7.88. The zero-order valence-corrected chi connectivity index (χ0v) is 20.7. The quantitative estimate of drug-likeness (QED) is 0.216. The fourth-order valence-corrected chi connectivity index (χ4v) is 4.60. The van der Waals surface area contributed by atoms with E-state index >= 15 is 0 Å². The van der Waals surface area contributed by atoms with E-state index in [9.17, 15) is 36.0 Å². The van der Waals surface area contributed by atoms with Crippen LogP contribution in [0.5, 0.6) is 0 Å². The fourth-order valence-electron chi connectivity index (χ4n) is 3.47. The minimum atomic E-state index is -5.08. The summed E-state index contributed by atoms with van der Waals surface area (Å²) in [7, 11) is -3.75. The van der Waals surface area contributed by atoms with Crippen LogP contribution in [0.1, 0.15) is 11.1 Å². The lowest BCUT2D eigenvalue weighted by Gasteiger charge is -2.18. The number of aromatic amines is 1. The number of aryl methyl sites for hydroxylation is 2. The van der Waals surface area contributed by atoms with E-state index in [4.69, 9.17) is 9.90 Å². The lowest BCUT2D eigenvalue weighted by molar-refractivity contribution is -0.192. The predicted octanol–water partition coefficient (Wildman–Crippen LogP) is -0.899. The average Bonchev–Trinajstić information content (AvgIpc) is 3.06. The summed E-state index contributed by atoms with van der Waals surface area (Å²) in [6, 6.07) is 3.79. The van der Waals surface area contributed by atoms with Crippen LogP contribution in [-0.2, 0) is 26.3 Å². The summed E-state index contributed by atoms with van der Waals surface area (Å²) in [6.45, 7) is 4.62. The summed E-state index contributed by atoms with van der Waals surface area (Å²) in [6.07, 6.45) is -5.08. The highest BCUT2D eigenvalue weighted by Crippen LogP contribution is 2.23. The zero-order chi connectivity index (χ0) is 28.4. The minimum absolute atomic E-state index is 0.00238. The van der Waals surface area contributed by atoms with Gasteiger partial charge in [-0.1, -0.05) is 0 Å². The molecule has 4 N–H and O–H groups in total. The molecule has 18 heteroatoms. The second-order valence-corrected chi connectivity index (χ2v) is 9.76. The Hall–Kier alpha value is -3.90. The third-order valence-corrected chi connectivity index (χ3v) is 6.92. The second-order valence-electron chi connectivity index (χ2n) is 8.08. The summed E-state index contributed by atoms with van der Waals surface area (Å²) in [5, 5.41) is 10.2. The Morgan fingerprint density at radius 1 is 1.11 bits per heavy atom. The fraction of sp³-hybridized carbons (Fsp3) is 0.400. The van der Waals surface area contributed by atoms with Crippen molar-refractivity contribution in [3.05, 3.63) is 44.1 Å². The number of fused-ring (bicyclic) bond motifs is 2. The Labute approximate surface area is 212 Å². The molecule has 3 aliphatic rings. The van der Waals surface area contributed by atoms with Gasteiger partial charge < -0.3 is 15.0 Å². The molecule has 3 aliphatic heterocycles. The van der Waals surface area contributed by atoms with Gasteiger partial charge in [-0.15, -0.1) is 0 Å². The first-order valence-electron chi connectivity index (χ1n) is 10.8. The van der Waals surface area contributed by atoms with Gasteiger partial charge in [0.15, 0.2) is 11.5 Å². The topological polar surface area (TPSA) is 196 Å². The van der Waals surface area contributed by atoms with Gasteiger partial charge in [0.2, 0.25) is 0 Å². The number of carbonyl (C=O) groups excluding carboxylic acids is 1. The molecule has 0 aliphatic carbocycles. The van der Waals surface area contributed by atoms with Crippen LogP contribution in [0.4, 0.5) is 13.2 Å². The zero-order valence-electron chi connectivity index (χ0n) is 19.9. The lowest BCUT2D eigenvalue weighted by Crippen LogP contribution is -2.38. The van der Waals surface area contributed by atoms with E-state index in [1.165, 1.54) is 0 Å². The Kier molecular flexibility index (Phi) is 8.18. The normalized spacial score (nSPS) is 15.1. The van der Waals surface area contributed by atoms with Crippen molar-refractivity contribution in [1.82, 2.24) is 33.9 Å². The van der Waals surface area contributed by atoms with Crippen molar-refractivity contribution in [2.24, 2.45) is 0 Å². The Morgan fingerprint density at radius 3 is 2.29 bits per heavy atom. The van der Waals surface area contributed by atoms with E-state index < -0.39 is 39.5 Å². The molecular formula is C20H22F3N7O7S. The monoisotopic (exact) mass is 561 g/mol. The number of hydrogen-bond acceptors (Lipinski definition) is 9. The molecule has 206 valence electrons. The van der Waals surface area contributed by atoms with Crippen molar-refractivity contribution in [2.75, 3.05) is 26.2 Å². The number of carboxylic acid groups (broad SMARTS) is 1. The molecule has 1 amide bonds. The van der Waals surface area contributed by atoms with Gasteiger partial charge in [-0.3, -0.25) is 14.6 Å². The van der Waals surface area contributed by atoms with Crippen molar-refractivity contribution < 1.29 is 36.3 Å². The molecule has 3 heterocycles. The van der Waals surface area contributed by atoms with Gasteiger partial charge in [-0.25, -0.2) is 18.9 Å². The summed E-state index contributed by atoms with van der Waals surface area (Å²) < 4.78 is 60.0. The van der Waals surface area contributed by atoms with Gasteiger partial charge in [-0.2, -0.15) is 31.3 Å². The maximum Gasteiger partial charge on any atom is 0.490 e. The van der Waals surface area contributed by atoms with Gasteiger partial charge in [0.25, 0.3) is 11.5 Å². The molecule has 0 atom stereocenters. The smallest absolute Gasteiger partial charge is 0.475 e. The molecule has 1 saturated heterocycles. The summed E-state index contributed by atoms with van der Waals surface area (Å²) in [5.41, 5.74) is 2.05. The number of hydrogen-bond donors (Lipinski definition) is 4. The second kappa shape index (κ2) is 10.8. The Balaban J connectivity index is 0.000000505. The van der Waals surface area contributed by atoms with E-state index in [0.29, 0.717) is 18.6 Å². The maximum absolute atomic E-state index is 12.3. The first kappa shape index (κ1) is 28.7. The van der Waals surface area contributed by atoms with Crippen molar-refractivity contribution in [2.45, 2.75) is 26.6 Å². The highest BCUT2D eigenvalue weighted by Gasteiger charge is 2.38. The number of carbonyl (C=O) groups is 2. The van der Waals surface area contributed by atoms with Gasteiger partial charge in [0.1, 0.15) is 0 Å². The third-order valence-electron chi connectivity index (χ3n) is 5.44. The standard InChI is InChI=1S/C18H21N7O5S.C2HF3O2/c1-10-7-12-13(8-11(10)2)24(16-15(21-12)17(27)23-18(28)22-16)5-3-19-4-6-25-14(26)9-20-31(25,29)30;3-2(4,5)1(6)7/h7-8,19-20H,3-6,9H2,1-2H3,(H,23,27,28);(H,6,7). The van der Waals surface area contributed by atoms with Crippen LogP contribution < -0.4 is 21.3 Å². The highest BCUT2D eigenvalue weighted by atomic mass is 32.2. The molecule has 0 saturated carbocycles. The number of nitrogens with one attached hydrogen (secondary N) is 3. The van der Waals surface area contributed by atoms with Gasteiger partial charge in [0, 0.05) is 19.6 Å². The van der Waals surface area contributed by atoms with Crippen LogP contribution in [0, 0.1) is 13.8 Å². The first-order valence-corrected chi connectivity index (χ1v) is 12.3. The first-order chi connectivity index (χ1) is 17.6. The van der Waals surface area contributed by atoms with Crippen molar-refractivity contribution in [1.29, 1.82) is 0 Å². The van der Waals surface area contributed by atoms with E-state index in [0.717, 1.165) is 20.9 Å². The van der Waals surface area contributed by atoms with Crippen LogP contribution in [0.2, 0.25) is 0 Å². The molecular weight excluding hydrogens is 539 g/mol. The number of aromatic nitrogens is 4. The van der Waals surface area contributed by atoms with E-state index in [2.05, 4.69) is 25.0 Å². The molecule has 0 bridgehead atoms. The molecule has 4 rings (SSSR count). The van der Waals surface area contributed by atoms with Crippen molar-refractivity contribution in [3.63, 3.8) is 0 Å². The number of alkyl halides is 3. The van der Waals surface area contributed by atoms with Crippen LogP contribution in [-0.4, -0.2) is 81.6 Å². The molecule has 38 heavy (non-hydrogen) atoms. The molecule has 0 aromatic heterocycles. The van der Waals surface area contributed by atoms with Crippen LogP contribution >= 0.6 is 0 Å². The summed E-state index contributed by atoms with van der Waals surface area (Å²) in [5.74, 6) is -3.08. The van der Waals surface area contributed by atoms with Crippen LogP contribution in [0.3, 0.4) is 0 Å². The van der Waals surface area contributed by atoms with Crippen molar-refractivity contribution >= 4 is 33.1 Å². The number of nitrogens with zero attached hydrogens (tertiary/aromatic N) is 4. The number of rotatable bonds is 6. The van der Waals surface area contributed by atoms with Gasteiger partial charge >= 0.3 is 28.0 Å². The molecule has 14 nitrogen and oxygen atoms in total. The average molecular weight is 561 g/mol. The summed E-state index contributed by atoms with van der Waals surface area (Å²) in [4.78, 5) is 55.1. The van der Waals surface area contributed by atoms with Crippen LogP contribution in [0.25, 0.3) is 22.6 Å². The number of H-pyrrole nitrogens is 1. The largest absolute Gasteiger partial charge is 0.490 e. The Bertz CT molecular complexity index is 1580. The lowest BCUT2D eigenvalue weighted by atomic mass is 10.1. The molecule has 0 unspecified atom stereocenters. The molecule has 1 aromatic carbocycles. The third kappa shape index (κ3) is 6.32. The number of halogens is 3. The van der Waals surface area contributed by atoms with E-state index in [-0.39, 0.29) is 31.2 Å².